The van der Waals surface area contributed by atoms with Crippen LogP contribution in [0.25, 0.3) is 5.57 Å². The number of carbonyl (C=O) groups is 2. The van der Waals surface area contributed by atoms with Gasteiger partial charge in [-0.1, -0.05) is 6.07 Å². The molecule has 5 heteroatoms. The molecule has 17 heavy (non-hydrogen) atoms. The van der Waals surface area contributed by atoms with E-state index in [0.29, 0.717) is 22.6 Å². The SMILES string of the molecule is COC(C)=C1C(=O)Nc2cc(C(N)=O)ccc21. The van der Waals surface area contributed by atoms with Crippen LogP contribution in [0.5, 0.6) is 0 Å². The molecule has 0 atom stereocenters. The number of ether oxygens (including phenoxy) is 1. The topological polar surface area (TPSA) is 81.4 Å². The average Bonchev–Trinajstić information content (AvgIpc) is 2.62. The van der Waals surface area contributed by atoms with Crippen molar-refractivity contribution in [3.05, 3.63) is 35.1 Å². The van der Waals surface area contributed by atoms with Gasteiger partial charge in [0.25, 0.3) is 5.91 Å². The van der Waals surface area contributed by atoms with Gasteiger partial charge < -0.3 is 15.8 Å². The van der Waals surface area contributed by atoms with Crippen LogP contribution in [-0.4, -0.2) is 18.9 Å². The zero-order valence-corrected chi connectivity index (χ0v) is 9.53. The second-order valence-electron chi connectivity index (χ2n) is 3.71. The maximum absolute atomic E-state index is 11.7. The third-order valence-corrected chi connectivity index (χ3v) is 2.71. The van der Waals surface area contributed by atoms with Gasteiger partial charge in [-0.2, -0.15) is 0 Å². The van der Waals surface area contributed by atoms with Gasteiger partial charge in [0.05, 0.1) is 18.4 Å². The van der Waals surface area contributed by atoms with Crippen molar-refractivity contribution >= 4 is 23.1 Å². The van der Waals surface area contributed by atoms with Crippen molar-refractivity contribution in [2.45, 2.75) is 6.92 Å². The molecule has 0 spiro atoms. The molecule has 0 saturated heterocycles. The van der Waals surface area contributed by atoms with Gasteiger partial charge in [0.1, 0.15) is 5.76 Å². The van der Waals surface area contributed by atoms with Gasteiger partial charge >= 0.3 is 0 Å². The van der Waals surface area contributed by atoms with Gasteiger partial charge in [0.2, 0.25) is 5.91 Å². The Kier molecular flexibility index (Phi) is 2.59. The molecule has 2 amide bonds. The van der Waals surface area contributed by atoms with Crippen molar-refractivity contribution in [2.24, 2.45) is 5.73 Å². The first-order valence-corrected chi connectivity index (χ1v) is 5.05. The Morgan fingerprint density at radius 3 is 2.71 bits per heavy atom. The molecule has 0 fully saturated rings. The third kappa shape index (κ3) is 1.75. The molecule has 0 aliphatic carbocycles. The highest BCUT2D eigenvalue weighted by atomic mass is 16.5. The number of rotatable bonds is 2. The summed E-state index contributed by atoms with van der Waals surface area (Å²) in [6.45, 7) is 1.71. The van der Waals surface area contributed by atoms with E-state index in [0.717, 1.165) is 5.56 Å². The second kappa shape index (κ2) is 3.93. The van der Waals surface area contributed by atoms with E-state index in [2.05, 4.69) is 5.32 Å². The summed E-state index contributed by atoms with van der Waals surface area (Å²) in [6.07, 6.45) is 0. The quantitative estimate of drug-likeness (QED) is 0.592. The summed E-state index contributed by atoms with van der Waals surface area (Å²) in [7, 11) is 1.51. The number of anilines is 1. The number of hydrogen-bond donors (Lipinski definition) is 2. The van der Waals surface area contributed by atoms with E-state index < -0.39 is 5.91 Å². The van der Waals surface area contributed by atoms with Gasteiger partial charge in [0.15, 0.2) is 0 Å². The van der Waals surface area contributed by atoms with Gasteiger partial charge in [0, 0.05) is 11.1 Å². The summed E-state index contributed by atoms with van der Waals surface area (Å²) < 4.78 is 5.07. The first-order valence-electron chi connectivity index (χ1n) is 5.05. The number of hydrogen-bond acceptors (Lipinski definition) is 3. The summed E-state index contributed by atoms with van der Waals surface area (Å²) in [4.78, 5) is 22.8. The van der Waals surface area contributed by atoms with E-state index in [1.54, 1.807) is 25.1 Å². The van der Waals surface area contributed by atoms with Crippen LogP contribution < -0.4 is 11.1 Å². The number of carbonyl (C=O) groups excluding carboxylic acids is 2. The predicted octanol–water partition coefficient (Wildman–Crippen LogP) is 1.11. The molecule has 1 aromatic rings. The number of nitrogens with two attached hydrogens (primary N) is 1. The molecule has 88 valence electrons. The summed E-state index contributed by atoms with van der Waals surface area (Å²) >= 11 is 0. The van der Waals surface area contributed by atoms with Crippen molar-refractivity contribution in [3.63, 3.8) is 0 Å². The maximum Gasteiger partial charge on any atom is 0.259 e. The predicted molar refractivity (Wildman–Crippen MR) is 63.2 cm³/mol. The molecule has 0 radical (unpaired) electrons. The van der Waals surface area contributed by atoms with E-state index in [1.807, 2.05) is 0 Å². The molecule has 2 rings (SSSR count). The number of fused-ring (bicyclic) bond motifs is 1. The number of amides is 2. The van der Waals surface area contributed by atoms with Crippen LogP contribution in [0.15, 0.2) is 24.0 Å². The average molecular weight is 232 g/mol. The lowest BCUT2D eigenvalue weighted by molar-refractivity contribution is -0.110. The first kappa shape index (κ1) is 11.2. The molecule has 3 N–H and O–H groups in total. The van der Waals surface area contributed by atoms with Gasteiger partial charge in [-0.05, 0) is 19.1 Å². The zero-order chi connectivity index (χ0) is 12.6. The lowest BCUT2D eigenvalue weighted by Crippen LogP contribution is -2.11. The largest absolute Gasteiger partial charge is 0.501 e. The Labute approximate surface area is 98.3 Å². The fraction of sp³-hybridized carbons (Fsp3) is 0.167. The molecule has 5 nitrogen and oxygen atoms in total. The lowest BCUT2D eigenvalue weighted by Gasteiger charge is -2.04. The fourth-order valence-corrected chi connectivity index (χ4v) is 1.78. The van der Waals surface area contributed by atoms with Gasteiger partial charge in [-0.15, -0.1) is 0 Å². The van der Waals surface area contributed by atoms with Gasteiger partial charge in [-0.3, -0.25) is 9.59 Å². The molecule has 1 aromatic carbocycles. The molecular formula is C12H12N2O3. The highest BCUT2D eigenvalue weighted by Gasteiger charge is 2.27. The minimum Gasteiger partial charge on any atom is -0.501 e. The van der Waals surface area contributed by atoms with Crippen LogP contribution >= 0.6 is 0 Å². The van der Waals surface area contributed by atoms with Crippen molar-refractivity contribution in [2.75, 3.05) is 12.4 Å². The highest BCUT2D eigenvalue weighted by Crippen LogP contribution is 2.34. The van der Waals surface area contributed by atoms with Crippen molar-refractivity contribution in [1.82, 2.24) is 0 Å². The molecule has 1 heterocycles. The molecule has 1 aliphatic heterocycles. The highest BCUT2D eigenvalue weighted by molar-refractivity contribution is 6.32. The lowest BCUT2D eigenvalue weighted by atomic mass is 10.0. The first-order chi connectivity index (χ1) is 8.04. The summed E-state index contributed by atoms with van der Waals surface area (Å²) in [5.41, 5.74) is 7.32. The molecule has 0 saturated carbocycles. The van der Waals surface area contributed by atoms with Crippen LogP contribution in [0.1, 0.15) is 22.8 Å². The molecule has 0 bridgehead atoms. The number of benzene rings is 1. The van der Waals surface area contributed by atoms with Crippen LogP contribution in [0.4, 0.5) is 5.69 Å². The molecule has 0 aromatic heterocycles. The third-order valence-electron chi connectivity index (χ3n) is 2.71. The Hall–Kier alpha value is -2.30. The monoisotopic (exact) mass is 232 g/mol. The van der Waals surface area contributed by atoms with Crippen molar-refractivity contribution in [1.29, 1.82) is 0 Å². The minimum absolute atomic E-state index is 0.235. The van der Waals surface area contributed by atoms with Crippen LogP contribution in [0.3, 0.4) is 0 Å². The smallest absolute Gasteiger partial charge is 0.259 e. The van der Waals surface area contributed by atoms with E-state index in [9.17, 15) is 9.59 Å². The number of allylic oxidation sites excluding steroid dienone is 1. The van der Waals surface area contributed by atoms with Crippen LogP contribution in [0, 0.1) is 0 Å². The molecule has 0 unspecified atom stereocenters. The van der Waals surface area contributed by atoms with Crippen LogP contribution in [0.2, 0.25) is 0 Å². The number of nitrogens with one attached hydrogen (secondary N) is 1. The van der Waals surface area contributed by atoms with Gasteiger partial charge in [-0.25, -0.2) is 0 Å². The Bertz CT molecular complexity index is 547. The standard InChI is InChI=1S/C12H12N2O3/c1-6(17-2)10-8-4-3-7(11(13)15)5-9(8)14-12(10)16/h3-5H,1-2H3,(H2,13,15)(H,14,16). The maximum atomic E-state index is 11.7. The molecule has 1 aliphatic rings. The van der Waals surface area contributed by atoms with E-state index in [-0.39, 0.29) is 5.91 Å². The van der Waals surface area contributed by atoms with E-state index in [4.69, 9.17) is 10.5 Å². The summed E-state index contributed by atoms with van der Waals surface area (Å²) in [5, 5.41) is 2.67. The normalized spacial score (nSPS) is 16.2. The van der Waals surface area contributed by atoms with Crippen LogP contribution in [-0.2, 0) is 9.53 Å². The zero-order valence-electron chi connectivity index (χ0n) is 9.53. The van der Waals surface area contributed by atoms with Crippen molar-refractivity contribution in [3.8, 4) is 0 Å². The summed E-state index contributed by atoms with van der Waals surface area (Å²) in [6, 6.07) is 4.83. The minimum atomic E-state index is -0.525. The number of primary amides is 1. The Balaban J connectivity index is 2.57. The molecular weight excluding hydrogens is 220 g/mol. The number of methoxy groups -OCH3 is 1. The Morgan fingerprint density at radius 1 is 1.41 bits per heavy atom. The second-order valence-corrected chi connectivity index (χ2v) is 3.71. The fourth-order valence-electron chi connectivity index (χ4n) is 1.78. The Morgan fingerprint density at radius 2 is 2.12 bits per heavy atom. The van der Waals surface area contributed by atoms with Crippen molar-refractivity contribution < 1.29 is 14.3 Å². The summed E-state index contributed by atoms with van der Waals surface area (Å²) in [5.74, 6) is -0.225. The van der Waals surface area contributed by atoms with E-state index >= 15 is 0 Å². The van der Waals surface area contributed by atoms with E-state index in [1.165, 1.54) is 7.11 Å².